The number of carbonyl (C=O) groups is 2. The molecule has 0 saturated carbocycles. The van der Waals surface area contributed by atoms with Gasteiger partial charge in [0.25, 0.3) is 0 Å². The molecule has 0 radical (unpaired) electrons. The van der Waals surface area contributed by atoms with E-state index in [-0.39, 0.29) is 24.4 Å². The van der Waals surface area contributed by atoms with Crippen LogP contribution < -0.4 is 0 Å². The van der Waals surface area contributed by atoms with Crippen LogP contribution in [0, 0.1) is 5.82 Å². The molecule has 1 aromatic rings. The van der Waals surface area contributed by atoms with Crippen molar-refractivity contribution < 1.29 is 18.7 Å². The van der Waals surface area contributed by atoms with Gasteiger partial charge in [0.05, 0.1) is 12.2 Å². The van der Waals surface area contributed by atoms with Crippen molar-refractivity contribution >= 4 is 11.8 Å². The molecule has 1 rings (SSSR count). The van der Waals surface area contributed by atoms with Gasteiger partial charge in [-0.25, -0.2) is 9.18 Å². The van der Waals surface area contributed by atoms with E-state index in [0.717, 1.165) is 0 Å². The maximum absolute atomic E-state index is 13.5. The Kier molecular flexibility index (Phi) is 4.17. The lowest BCUT2D eigenvalue weighted by Crippen LogP contribution is -2.12. The first-order valence-electron chi connectivity index (χ1n) is 5.00. The predicted octanol–water partition coefficient (Wildman–Crippen LogP) is 2.13. The minimum Gasteiger partial charge on any atom is -0.462 e. The summed E-state index contributed by atoms with van der Waals surface area (Å²) in [5.74, 6) is -1.51. The molecule has 0 aliphatic carbocycles. The van der Waals surface area contributed by atoms with E-state index in [9.17, 15) is 14.0 Å². The van der Waals surface area contributed by atoms with E-state index in [4.69, 9.17) is 4.74 Å². The first kappa shape index (κ1) is 12.4. The topological polar surface area (TPSA) is 43.4 Å². The van der Waals surface area contributed by atoms with E-state index in [0.29, 0.717) is 5.56 Å². The Bertz CT molecular complexity index is 413. The smallest absolute Gasteiger partial charge is 0.341 e. The number of esters is 1. The molecule has 0 spiro atoms. The van der Waals surface area contributed by atoms with E-state index in [1.54, 1.807) is 13.0 Å². The van der Waals surface area contributed by atoms with Crippen molar-refractivity contribution in [2.24, 2.45) is 0 Å². The average Bonchev–Trinajstić information content (AvgIpc) is 2.16. The van der Waals surface area contributed by atoms with Gasteiger partial charge in [0.1, 0.15) is 11.6 Å². The average molecular weight is 224 g/mol. The molecular formula is C12H13FO3. The molecule has 0 fully saturated rings. The Hall–Kier alpha value is -1.71. The Balaban J connectivity index is 3.12. The summed E-state index contributed by atoms with van der Waals surface area (Å²) in [6.07, 6.45) is 0.0336. The lowest BCUT2D eigenvalue weighted by molar-refractivity contribution is -0.116. The third-order valence-corrected chi connectivity index (χ3v) is 2.02. The van der Waals surface area contributed by atoms with Crippen molar-refractivity contribution in [3.05, 3.63) is 35.1 Å². The minimum absolute atomic E-state index is 0.0336. The van der Waals surface area contributed by atoms with Crippen LogP contribution in [-0.2, 0) is 16.0 Å². The van der Waals surface area contributed by atoms with Crippen LogP contribution in [0.2, 0.25) is 0 Å². The second-order valence-electron chi connectivity index (χ2n) is 3.37. The molecule has 0 N–H and O–H groups in total. The number of benzene rings is 1. The minimum atomic E-state index is -0.725. The van der Waals surface area contributed by atoms with Crippen molar-refractivity contribution in [1.29, 1.82) is 0 Å². The molecule has 0 unspecified atom stereocenters. The molecule has 0 aromatic heterocycles. The number of carbonyl (C=O) groups excluding carboxylic acids is 2. The second-order valence-corrected chi connectivity index (χ2v) is 3.37. The maximum atomic E-state index is 13.5. The summed E-state index contributed by atoms with van der Waals surface area (Å²) in [5, 5.41) is 0. The zero-order valence-corrected chi connectivity index (χ0v) is 9.25. The molecule has 0 atom stereocenters. The summed E-state index contributed by atoms with van der Waals surface area (Å²) in [6, 6.07) is 4.20. The Labute approximate surface area is 93.2 Å². The lowest BCUT2D eigenvalue weighted by Gasteiger charge is -2.08. The van der Waals surface area contributed by atoms with E-state index in [2.05, 4.69) is 0 Å². The molecule has 0 amide bonds. The van der Waals surface area contributed by atoms with Crippen molar-refractivity contribution in [2.75, 3.05) is 6.61 Å². The molecule has 0 bridgehead atoms. The molecule has 0 saturated heterocycles. The number of hydrogen-bond acceptors (Lipinski definition) is 3. The second kappa shape index (κ2) is 5.39. The van der Waals surface area contributed by atoms with Gasteiger partial charge in [-0.05, 0) is 25.5 Å². The molecule has 0 heterocycles. The fourth-order valence-corrected chi connectivity index (χ4v) is 1.42. The van der Waals surface area contributed by atoms with E-state index < -0.39 is 11.8 Å². The summed E-state index contributed by atoms with van der Waals surface area (Å²) < 4.78 is 18.2. The SMILES string of the molecule is CCOC(=O)c1c(F)cccc1CC(C)=O. The molecular weight excluding hydrogens is 211 g/mol. The number of rotatable bonds is 4. The fourth-order valence-electron chi connectivity index (χ4n) is 1.42. The highest BCUT2D eigenvalue weighted by Crippen LogP contribution is 2.16. The number of halogens is 1. The van der Waals surface area contributed by atoms with Crippen molar-refractivity contribution in [3.8, 4) is 0 Å². The molecule has 4 heteroatoms. The fraction of sp³-hybridized carbons (Fsp3) is 0.333. The van der Waals surface area contributed by atoms with E-state index in [1.807, 2.05) is 0 Å². The Morgan fingerprint density at radius 3 is 2.62 bits per heavy atom. The van der Waals surface area contributed by atoms with Crippen molar-refractivity contribution in [3.63, 3.8) is 0 Å². The number of Topliss-reactive ketones (excluding diaryl/α,β-unsaturated/α-hetero) is 1. The van der Waals surface area contributed by atoms with Crippen LogP contribution in [0.15, 0.2) is 18.2 Å². The molecule has 1 aromatic carbocycles. The third-order valence-electron chi connectivity index (χ3n) is 2.02. The van der Waals surface area contributed by atoms with Gasteiger partial charge in [-0.2, -0.15) is 0 Å². The van der Waals surface area contributed by atoms with Crippen molar-refractivity contribution in [1.82, 2.24) is 0 Å². The first-order chi connectivity index (χ1) is 7.56. The van der Waals surface area contributed by atoms with Crippen LogP contribution in [0.5, 0.6) is 0 Å². The van der Waals surface area contributed by atoms with Gasteiger partial charge < -0.3 is 4.74 Å². The highest BCUT2D eigenvalue weighted by molar-refractivity contribution is 5.93. The highest BCUT2D eigenvalue weighted by Gasteiger charge is 2.18. The third kappa shape index (κ3) is 2.89. The Morgan fingerprint density at radius 1 is 1.38 bits per heavy atom. The zero-order chi connectivity index (χ0) is 12.1. The monoisotopic (exact) mass is 224 g/mol. The number of ketones is 1. The standard InChI is InChI=1S/C12H13FO3/c1-3-16-12(15)11-9(7-8(2)14)5-4-6-10(11)13/h4-6H,3,7H2,1-2H3. The summed E-state index contributed by atoms with van der Waals surface area (Å²) in [5.41, 5.74) is 0.227. The van der Waals surface area contributed by atoms with Gasteiger partial charge in [0.15, 0.2) is 0 Å². The summed E-state index contributed by atoms with van der Waals surface area (Å²) in [6.45, 7) is 3.20. The number of ether oxygens (including phenoxy) is 1. The summed E-state index contributed by atoms with van der Waals surface area (Å²) in [4.78, 5) is 22.5. The van der Waals surface area contributed by atoms with E-state index in [1.165, 1.54) is 19.1 Å². The van der Waals surface area contributed by atoms with Crippen molar-refractivity contribution in [2.45, 2.75) is 20.3 Å². The maximum Gasteiger partial charge on any atom is 0.341 e. The van der Waals surface area contributed by atoms with Crippen LogP contribution in [0.3, 0.4) is 0 Å². The Morgan fingerprint density at radius 2 is 2.06 bits per heavy atom. The molecule has 3 nitrogen and oxygen atoms in total. The van der Waals surface area contributed by atoms with Crippen LogP contribution in [0.25, 0.3) is 0 Å². The number of hydrogen-bond donors (Lipinski definition) is 0. The first-order valence-corrected chi connectivity index (χ1v) is 5.00. The normalized spacial score (nSPS) is 9.94. The van der Waals surface area contributed by atoms with Gasteiger partial charge in [-0.15, -0.1) is 0 Å². The van der Waals surface area contributed by atoms with Crippen LogP contribution in [0.1, 0.15) is 29.8 Å². The van der Waals surface area contributed by atoms with Crippen LogP contribution >= 0.6 is 0 Å². The summed E-state index contributed by atoms with van der Waals surface area (Å²) >= 11 is 0. The van der Waals surface area contributed by atoms with Gasteiger partial charge in [0, 0.05) is 6.42 Å². The molecule has 0 aliphatic rings. The molecule has 86 valence electrons. The predicted molar refractivity (Wildman–Crippen MR) is 56.7 cm³/mol. The van der Waals surface area contributed by atoms with Crippen LogP contribution in [0.4, 0.5) is 4.39 Å². The van der Waals surface area contributed by atoms with Crippen LogP contribution in [-0.4, -0.2) is 18.4 Å². The van der Waals surface area contributed by atoms with Gasteiger partial charge in [-0.3, -0.25) is 4.79 Å². The zero-order valence-electron chi connectivity index (χ0n) is 9.25. The quantitative estimate of drug-likeness (QED) is 0.736. The van der Waals surface area contributed by atoms with Gasteiger partial charge in [-0.1, -0.05) is 12.1 Å². The lowest BCUT2D eigenvalue weighted by atomic mass is 10.0. The molecule has 0 aliphatic heterocycles. The summed E-state index contributed by atoms with van der Waals surface area (Å²) in [7, 11) is 0. The molecule has 16 heavy (non-hydrogen) atoms. The largest absolute Gasteiger partial charge is 0.462 e. The van der Waals surface area contributed by atoms with E-state index >= 15 is 0 Å². The highest BCUT2D eigenvalue weighted by atomic mass is 19.1. The van der Waals surface area contributed by atoms with Gasteiger partial charge >= 0.3 is 5.97 Å². The van der Waals surface area contributed by atoms with Gasteiger partial charge in [0.2, 0.25) is 0 Å².